The van der Waals surface area contributed by atoms with Gasteiger partial charge in [0.2, 0.25) is 0 Å². The molecule has 1 N–H and O–H groups in total. The number of nitrogens with one attached hydrogen (secondary N) is 1. The van der Waals surface area contributed by atoms with Gasteiger partial charge in [-0.05, 0) is 26.8 Å². The van der Waals surface area contributed by atoms with Gasteiger partial charge in [0.25, 0.3) is 0 Å². The normalized spacial score (nSPS) is 17.6. The van der Waals surface area contributed by atoms with Crippen LogP contribution in [0, 0.1) is 0 Å². The van der Waals surface area contributed by atoms with Crippen molar-refractivity contribution in [1.82, 2.24) is 10.2 Å². The first-order chi connectivity index (χ1) is 11.9. The lowest BCUT2D eigenvalue weighted by atomic mass is 9.94. The Hall–Kier alpha value is -2.64. The molecular formula is C17H20F2N2O4. The molecule has 0 bridgehead atoms. The smallest absolute Gasteiger partial charge is 0.387 e. The molecule has 2 amide bonds. The van der Waals surface area contributed by atoms with Crippen LogP contribution in [0.4, 0.5) is 13.6 Å². The number of alkyl halides is 2. The predicted molar refractivity (Wildman–Crippen MR) is 86.1 cm³/mol. The van der Waals surface area contributed by atoms with E-state index >= 15 is 0 Å². The van der Waals surface area contributed by atoms with Crippen LogP contribution in [0.3, 0.4) is 0 Å². The molecule has 0 radical (unpaired) electrons. The molecule has 0 fully saturated rings. The highest BCUT2D eigenvalue weighted by atomic mass is 19.3. The summed E-state index contributed by atoms with van der Waals surface area (Å²) in [5.41, 5.74) is 0.865. The Morgan fingerprint density at radius 3 is 2.60 bits per heavy atom. The lowest BCUT2D eigenvalue weighted by Crippen LogP contribution is -2.48. The van der Waals surface area contributed by atoms with Crippen molar-refractivity contribution in [3.8, 4) is 5.75 Å². The Bertz CT molecular complexity index is 691. The third-order valence-electron chi connectivity index (χ3n) is 3.85. The second-order valence-electron chi connectivity index (χ2n) is 5.26. The Morgan fingerprint density at radius 2 is 2.00 bits per heavy atom. The van der Waals surface area contributed by atoms with Crippen molar-refractivity contribution >= 4 is 12.0 Å². The molecule has 25 heavy (non-hydrogen) atoms. The molecule has 0 unspecified atom stereocenters. The molecule has 2 rings (SSSR count). The number of carbonyl (C=O) groups excluding carboxylic acids is 2. The van der Waals surface area contributed by atoms with Crippen LogP contribution in [-0.2, 0) is 9.53 Å². The van der Waals surface area contributed by atoms with Crippen LogP contribution >= 0.6 is 0 Å². The van der Waals surface area contributed by atoms with E-state index in [9.17, 15) is 18.4 Å². The summed E-state index contributed by atoms with van der Waals surface area (Å²) in [7, 11) is 0. The first-order valence-corrected chi connectivity index (χ1v) is 7.90. The van der Waals surface area contributed by atoms with Gasteiger partial charge in [0.1, 0.15) is 5.75 Å². The number of hydrogen-bond donors (Lipinski definition) is 1. The van der Waals surface area contributed by atoms with E-state index < -0.39 is 24.7 Å². The molecule has 1 aromatic carbocycles. The molecule has 6 nitrogen and oxygen atoms in total. The maximum Gasteiger partial charge on any atom is 0.387 e. The number of amides is 2. The number of halogens is 2. The zero-order chi connectivity index (χ0) is 18.6. The fourth-order valence-electron chi connectivity index (χ4n) is 2.79. The van der Waals surface area contributed by atoms with Crippen molar-refractivity contribution in [2.45, 2.75) is 33.4 Å². The molecule has 1 heterocycles. The minimum atomic E-state index is -3.02. The molecular weight excluding hydrogens is 334 g/mol. The Labute approximate surface area is 144 Å². The number of carbonyl (C=O) groups is 2. The molecule has 0 aromatic heterocycles. The van der Waals surface area contributed by atoms with Gasteiger partial charge < -0.3 is 14.8 Å². The van der Waals surface area contributed by atoms with Crippen molar-refractivity contribution in [1.29, 1.82) is 0 Å². The Balaban J connectivity index is 2.56. The first kappa shape index (κ1) is 18.7. The second kappa shape index (κ2) is 7.96. The summed E-state index contributed by atoms with van der Waals surface area (Å²) in [6.07, 6.45) is 0. The highest BCUT2D eigenvalue weighted by Crippen LogP contribution is 2.36. The van der Waals surface area contributed by atoms with Crippen LogP contribution < -0.4 is 10.1 Å². The Morgan fingerprint density at radius 1 is 1.32 bits per heavy atom. The van der Waals surface area contributed by atoms with Crippen LogP contribution in [0.15, 0.2) is 35.5 Å². The van der Waals surface area contributed by atoms with E-state index in [1.54, 1.807) is 26.8 Å². The quantitative estimate of drug-likeness (QED) is 0.797. The second-order valence-corrected chi connectivity index (χ2v) is 5.26. The topological polar surface area (TPSA) is 67.9 Å². The first-order valence-electron chi connectivity index (χ1n) is 7.90. The van der Waals surface area contributed by atoms with E-state index in [0.717, 1.165) is 0 Å². The average Bonchev–Trinajstić information content (AvgIpc) is 2.54. The van der Waals surface area contributed by atoms with Gasteiger partial charge in [0.15, 0.2) is 0 Å². The zero-order valence-corrected chi connectivity index (χ0v) is 14.2. The summed E-state index contributed by atoms with van der Waals surface area (Å²) < 4.78 is 35.0. The number of nitrogens with zero attached hydrogens (tertiary/aromatic N) is 1. The molecule has 0 saturated heterocycles. The van der Waals surface area contributed by atoms with Crippen molar-refractivity contribution in [3.63, 3.8) is 0 Å². The summed E-state index contributed by atoms with van der Waals surface area (Å²) in [4.78, 5) is 26.2. The molecule has 1 aliphatic rings. The van der Waals surface area contributed by atoms with Gasteiger partial charge in [-0.15, -0.1) is 0 Å². The molecule has 1 atom stereocenters. The fourth-order valence-corrected chi connectivity index (χ4v) is 2.79. The van der Waals surface area contributed by atoms with Gasteiger partial charge in [0.05, 0.1) is 18.2 Å². The largest absolute Gasteiger partial charge is 0.463 e. The number of rotatable bonds is 6. The number of esters is 1. The summed E-state index contributed by atoms with van der Waals surface area (Å²) in [5, 5.41) is 2.67. The zero-order valence-electron chi connectivity index (χ0n) is 14.2. The van der Waals surface area contributed by atoms with E-state index in [4.69, 9.17) is 4.74 Å². The number of hydrogen-bond acceptors (Lipinski definition) is 4. The highest BCUT2D eigenvalue weighted by Gasteiger charge is 2.37. The minimum Gasteiger partial charge on any atom is -0.463 e. The lowest BCUT2D eigenvalue weighted by molar-refractivity contribution is -0.139. The molecule has 0 saturated carbocycles. The van der Waals surface area contributed by atoms with Gasteiger partial charge in [-0.2, -0.15) is 8.78 Å². The van der Waals surface area contributed by atoms with Gasteiger partial charge in [-0.3, -0.25) is 4.90 Å². The van der Waals surface area contributed by atoms with Crippen LogP contribution in [0.1, 0.15) is 32.4 Å². The van der Waals surface area contributed by atoms with E-state index in [-0.39, 0.29) is 23.5 Å². The molecule has 8 heteroatoms. The van der Waals surface area contributed by atoms with E-state index in [0.29, 0.717) is 12.2 Å². The highest BCUT2D eigenvalue weighted by molar-refractivity contribution is 5.95. The van der Waals surface area contributed by atoms with Gasteiger partial charge in [0, 0.05) is 17.8 Å². The summed E-state index contributed by atoms with van der Waals surface area (Å²) in [6, 6.07) is 4.66. The molecule has 1 aromatic rings. The van der Waals surface area contributed by atoms with Crippen molar-refractivity contribution in [2.24, 2.45) is 0 Å². The average molecular weight is 354 g/mol. The van der Waals surface area contributed by atoms with Crippen LogP contribution in [0.5, 0.6) is 5.75 Å². The third kappa shape index (κ3) is 3.89. The number of allylic oxidation sites excluding steroid dienone is 1. The monoisotopic (exact) mass is 354 g/mol. The molecule has 0 aliphatic carbocycles. The minimum absolute atomic E-state index is 0.109. The van der Waals surface area contributed by atoms with Crippen molar-refractivity contribution in [3.05, 3.63) is 41.1 Å². The molecule has 1 aliphatic heterocycles. The van der Waals surface area contributed by atoms with Gasteiger partial charge >= 0.3 is 18.6 Å². The standard InChI is InChI=1S/C17H20F2N2O4/c1-4-21-10(3)13(15(22)24-5-2)14(20-17(21)23)11-8-6-7-9-12(11)25-16(18)19/h6-9,14,16H,4-5H2,1-3H3,(H,20,23)/t14-/m0/s1. The van der Waals surface area contributed by atoms with Gasteiger partial charge in [-0.25, -0.2) is 9.59 Å². The van der Waals surface area contributed by atoms with Crippen LogP contribution in [-0.4, -0.2) is 36.7 Å². The Kier molecular flexibility index (Phi) is 5.95. The number of ether oxygens (including phenoxy) is 2. The predicted octanol–water partition coefficient (Wildman–Crippen LogP) is 3.21. The van der Waals surface area contributed by atoms with E-state index in [1.807, 2.05) is 0 Å². The van der Waals surface area contributed by atoms with E-state index in [2.05, 4.69) is 10.1 Å². The van der Waals surface area contributed by atoms with E-state index in [1.165, 1.54) is 23.1 Å². The number of para-hydroxylation sites is 1. The fraction of sp³-hybridized carbons (Fsp3) is 0.412. The molecule has 0 spiro atoms. The maximum absolute atomic E-state index is 12.7. The van der Waals surface area contributed by atoms with Gasteiger partial charge in [-0.1, -0.05) is 18.2 Å². The number of urea groups is 1. The maximum atomic E-state index is 12.7. The van der Waals surface area contributed by atoms with Crippen LogP contribution in [0.25, 0.3) is 0 Å². The third-order valence-corrected chi connectivity index (χ3v) is 3.85. The molecule has 136 valence electrons. The summed E-state index contributed by atoms with van der Waals surface area (Å²) >= 11 is 0. The summed E-state index contributed by atoms with van der Waals surface area (Å²) in [6.45, 7) is 2.53. The number of benzene rings is 1. The lowest BCUT2D eigenvalue weighted by Gasteiger charge is -2.35. The van der Waals surface area contributed by atoms with Crippen LogP contribution in [0.2, 0.25) is 0 Å². The SMILES string of the molecule is CCOC(=O)C1=C(C)N(CC)C(=O)N[C@H]1c1ccccc1OC(F)F. The van der Waals surface area contributed by atoms with Crippen molar-refractivity contribution in [2.75, 3.05) is 13.2 Å². The summed E-state index contributed by atoms with van der Waals surface area (Å²) in [5.74, 6) is -0.724. The van der Waals surface area contributed by atoms with Crippen molar-refractivity contribution < 1.29 is 27.8 Å².